The Kier molecular flexibility index (Phi) is 7.24. The van der Waals surface area contributed by atoms with E-state index in [1.165, 1.54) is 5.56 Å². The summed E-state index contributed by atoms with van der Waals surface area (Å²) in [6.45, 7) is 5.57. The molecule has 0 bridgehead atoms. The highest BCUT2D eigenvalue weighted by Crippen LogP contribution is 2.30. The molecule has 2 heterocycles. The van der Waals surface area contributed by atoms with Gasteiger partial charge in [-0.2, -0.15) is 0 Å². The van der Waals surface area contributed by atoms with Crippen LogP contribution in [0.4, 0.5) is 5.13 Å². The lowest BCUT2D eigenvalue weighted by molar-refractivity contribution is -0.118. The number of nitrogens with zero attached hydrogens (tertiary/aromatic N) is 4. The molecule has 0 N–H and O–H groups in total. The summed E-state index contributed by atoms with van der Waals surface area (Å²) in [7, 11) is 0. The number of anilines is 1. The number of thiazole rings is 1. The number of aromatic nitrogens is 3. The second kappa shape index (κ2) is 9.87. The van der Waals surface area contributed by atoms with Crippen LogP contribution in [0, 0.1) is 13.8 Å². The summed E-state index contributed by atoms with van der Waals surface area (Å²) in [5.41, 5.74) is 4.34. The Morgan fingerprint density at radius 1 is 1.13 bits per heavy atom. The maximum atomic E-state index is 13.2. The van der Waals surface area contributed by atoms with Crippen molar-refractivity contribution < 1.29 is 4.79 Å². The van der Waals surface area contributed by atoms with Crippen molar-refractivity contribution in [3.8, 4) is 0 Å². The van der Waals surface area contributed by atoms with Crippen LogP contribution >= 0.6 is 23.7 Å². The number of rotatable bonds is 7. The summed E-state index contributed by atoms with van der Waals surface area (Å²) in [5.74, 6) is 0.0806. The molecule has 0 radical (unpaired) electrons. The quantitative estimate of drug-likeness (QED) is 0.397. The first-order chi connectivity index (χ1) is 14.1. The molecule has 0 fully saturated rings. The molecule has 156 valence electrons. The van der Waals surface area contributed by atoms with Crippen LogP contribution in [0.1, 0.15) is 23.1 Å². The van der Waals surface area contributed by atoms with E-state index in [9.17, 15) is 4.79 Å². The van der Waals surface area contributed by atoms with Crippen LogP contribution in [0.3, 0.4) is 0 Å². The van der Waals surface area contributed by atoms with Crippen molar-refractivity contribution in [1.29, 1.82) is 0 Å². The van der Waals surface area contributed by atoms with Crippen LogP contribution in [-0.4, -0.2) is 27.0 Å². The summed E-state index contributed by atoms with van der Waals surface area (Å²) in [5, 5.41) is 0.772. The van der Waals surface area contributed by atoms with Crippen molar-refractivity contribution in [1.82, 2.24) is 14.5 Å². The minimum atomic E-state index is 0. The molecule has 0 unspecified atom stereocenters. The minimum Gasteiger partial charge on any atom is -0.337 e. The first kappa shape index (κ1) is 22.0. The predicted molar refractivity (Wildman–Crippen MR) is 126 cm³/mol. The number of fused-ring (bicyclic) bond motifs is 1. The highest BCUT2D eigenvalue weighted by molar-refractivity contribution is 7.22. The molecule has 4 rings (SSSR count). The van der Waals surface area contributed by atoms with Crippen LogP contribution in [0.5, 0.6) is 0 Å². The zero-order valence-corrected chi connectivity index (χ0v) is 18.7. The van der Waals surface area contributed by atoms with Gasteiger partial charge in [-0.3, -0.25) is 9.69 Å². The lowest BCUT2D eigenvalue weighted by Crippen LogP contribution is -2.33. The number of carbonyl (C=O) groups excluding carboxylic acids is 1. The van der Waals surface area contributed by atoms with Gasteiger partial charge >= 0.3 is 0 Å². The molecule has 1 amide bonds. The molecule has 0 atom stereocenters. The molecular formula is C23H25ClN4OS. The van der Waals surface area contributed by atoms with Gasteiger partial charge in [0, 0.05) is 25.5 Å². The van der Waals surface area contributed by atoms with E-state index in [2.05, 4.69) is 30.1 Å². The maximum Gasteiger partial charge on any atom is 0.233 e. The third-order valence-electron chi connectivity index (χ3n) is 4.86. The summed E-state index contributed by atoms with van der Waals surface area (Å²) >= 11 is 1.58. The average molecular weight is 441 g/mol. The van der Waals surface area contributed by atoms with Crippen molar-refractivity contribution in [3.05, 3.63) is 77.9 Å². The fraction of sp³-hybridized carbons (Fsp3) is 0.261. The Morgan fingerprint density at radius 2 is 1.97 bits per heavy atom. The smallest absolute Gasteiger partial charge is 0.233 e. The van der Waals surface area contributed by atoms with Gasteiger partial charge in [-0.15, -0.1) is 12.4 Å². The number of aryl methyl sites for hydroxylation is 3. The SMILES string of the molecule is Cc1cccc(CC(=O)N(CCCn2ccnc2)c2nc3ccc(C)cc3s2)c1.Cl. The Bertz CT molecular complexity index is 1120. The van der Waals surface area contributed by atoms with Gasteiger partial charge in [-0.1, -0.05) is 47.2 Å². The topological polar surface area (TPSA) is 51.0 Å². The Labute approximate surface area is 186 Å². The molecule has 0 aliphatic rings. The van der Waals surface area contributed by atoms with E-state index in [0.29, 0.717) is 13.0 Å². The number of benzene rings is 2. The summed E-state index contributed by atoms with van der Waals surface area (Å²) in [4.78, 5) is 23.9. The van der Waals surface area contributed by atoms with Crippen LogP contribution in [-0.2, 0) is 17.8 Å². The minimum absolute atomic E-state index is 0. The number of imidazole rings is 1. The van der Waals surface area contributed by atoms with Gasteiger partial charge in [0.2, 0.25) is 5.91 Å². The van der Waals surface area contributed by atoms with Gasteiger partial charge in [0.25, 0.3) is 0 Å². The van der Waals surface area contributed by atoms with E-state index >= 15 is 0 Å². The molecule has 4 aromatic rings. The highest BCUT2D eigenvalue weighted by Gasteiger charge is 2.20. The van der Waals surface area contributed by atoms with Crippen LogP contribution in [0.2, 0.25) is 0 Å². The van der Waals surface area contributed by atoms with Gasteiger partial charge in [0.15, 0.2) is 5.13 Å². The van der Waals surface area contributed by atoms with E-state index in [1.54, 1.807) is 23.9 Å². The number of hydrogen-bond donors (Lipinski definition) is 0. The van der Waals surface area contributed by atoms with Gasteiger partial charge in [0.1, 0.15) is 0 Å². The molecule has 0 aliphatic heterocycles. The summed E-state index contributed by atoms with van der Waals surface area (Å²) in [6, 6.07) is 14.3. The van der Waals surface area contributed by atoms with Crippen LogP contribution < -0.4 is 4.90 Å². The van der Waals surface area contributed by atoms with E-state index < -0.39 is 0 Å². The lowest BCUT2D eigenvalue weighted by Gasteiger charge is -2.20. The Morgan fingerprint density at radius 3 is 2.73 bits per heavy atom. The number of carbonyl (C=O) groups is 1. The second-order valence-electron chi connectivity index (χ2n) is 7.33. The molecule has 2 aromatic carbocycles. The van der Waals surface area contributed by atoms with Crippen LogP contribution in [0.25, 0.3) is 10.2 Å². The fourth-order valence-corrected chi connectivity index (χ4v) is 4.49. The van der Waals surface area contributed by atoms with E-state index in [-0.39, 0.29) is 18.3 Å². The molecule has 7 heteroatoms. The number of halogens is 1. The van der Waals surface area contributed by atoms with Crippen molar-refractivity contribution in [2.75, 3.05) is 11.4 Å². The van der Waals surface area contributed by atoms with Gasteiger partial charge in [-0.25, -0.2) is 9.97 Å². The molecule has 0 aliphatic carbocycles. The second-order valence-corrected chi connectivity index (χ2v) is 8.34. The van der Waals surface area contributed by atoms with E-state index in [1.807, 2.05) is 46.9 Å². The predicted octanol–water partition coefficient (Wildman–Crippen LogP) is 5.20. The number of hydrogen-bond acceptors (Lipinski definition) is 4. The van der Waals surface area contributed by atoms with Crippen LogP contribution in [0.15, 0.2) is 61.2 Å². The third kappa shape index (κ3) is 5.26. The first-order valence-corrected chi connectivity index (χ1v) is 10.6. The largest absolute Gasteiger partial charge is 0.337 e. The molecule has 0 spiro atoms. The Balaban J connectivity index is 0.00000256. The number of amides is 1. The molecule has 0 saturated heterocycles. The Hall–Kier alpha value is -2.70. The monoisotopic (exact) mass is 440 g/mol. The molecule has 0 saturated carbocycles. The van der Waals surface area contributed by atoms with E-state index in [0.717, 1.165) is 39.4 Å². The zero-order chi connectivity index (χ0) is 20.2. The fourth-order valence-electron chi connectivity index (χ4n) is 3.38. The van der Waals surface area contributed by atoms with Crippen molar-refractivity contribution in [2.24, 2.45) is 0 Å². The van der Waals surface area contributed by atoms with Gasteiger partial charge in [-0.05, 0) is 43.5 Å². The van der Waals surface area contributed by atoms with Gasteiger partial charge in [0.05, 0.1) is 23.0 Å². The third-order valence-corrected chi connectivity index (χ3v) is 5.90. The zero-order valence-electron chi connectivity index (χ0n) is 17.1. The normalized spacial score (nSPS) is 10.7. The van der Waals surface area contributed by atoms with Gasteiger partial charge < -0.3 is 4.57 Å². The average Bonchev–Trinajstić information content (AvgIpc) is 3.34. The standard InChI is InChI=1S/C23H24N4OS.ClH/c1-17-5-3-6-19(13-17)15-22(28)27(11-4-10-26-12-9-24-16-26)23-25-20-8-7-18(2)14-21(20)29-23;/h3,5-9,12-14,16H,4,10-11,15H2,1-2H3;1H. The molecule has 30 heavy (non-hydrogen) atoms. The summed E-state index contributed by atoms with van der Waals surface area (Å²) in [6.07, 6.45) is 6.74. The summed E-state index contributed by atoms with van der Waals surface area (Å²) < 4.78 is 3.15. The lowest BCUT2D eigenvalue weighted by atomic mass is 10.1. The van der Waals surface area contributed by atoms with Crippen molar-refractivity contribution in [2.45, 2.75) is 33.2 Å². The van der Waals surface area contributed by atoms with Crippen molar-refractivity contribution >= 4 is 45.0 Å². The van der Waals surface area contributed by atoms with Crippen molar-refractivity contribution in [3.63, 3.8) is 0 Å². The maximum absolute atomic E-state index is 13.2. The van der Waals surface area contributed by atoms with E-state index in [4.69, 9.17) is 4.98 Å². The molecule has 5 nitrogen and oxygen atoms in total. The molecular weight excluding hydrogens is 416 g/mol. The highest BCUT2D eigenvalue weighted by atomic mass is 35.5. The first-order valence-electron chi connectivity index (χ1n) is 9.77. The molecule has 2 aromatic heterocycles.